The van der Waals surface area contributed by atoms with Crippen molar-refractivity contribution in [1.82, 2.24) is 0 Å². The fourth-order valence-corrected chi connectivity index (χ4v) is 13.8. The Balaban J connectivity index is 5.19. The maximum Gasteiger partial charge on any atom is 0.472 e. The number of aliphatic hydroxyl groups excluding tert-OH is 1. The molecule has 0 aliphatic heterocycles. The van der Waals surface area contributed by atoms with E-state index in [-0.39, 0.29) is 25.7 Å². The Morgan fingerprint density at radius 1 is 0.283 bits per heavy atom. The number of phosphoric ester groups is 2. The molecule has 0 saturated heterocycles. The zero-order valence-electron chi connectivity index (χ0n) is 65.1. The zero-order chi connectivity index (χ0) is 73.1. The van der Waals surface area contributed by atoms with Gasteiger partial charge in [0, 0.05) is 25.7 Å². The highest BCUT2D eigenvalue weighted by Gasteiger charge is 2.30. The maximum absolute atomic E-state index is 13.1. The number of carbonyl (C=O) groups excluding carboxylic acids is 4. The highest BCUT2D eigenvalue weighted by Crippen LogP contribution is 2.45. The Morgan fingerprint density at radius 2 is 0.485 bits per heavy atom. The normalized spacial score (nSPS) is 14.3. The average molecular weight is 1450 g/mol. The number of ether oxygens (including phenoxy) is 4. The molecule has 0 aliphatic carbocycles. The second-order valence-corrected chi connectivity index (χ2v) is 33.4. The number of hydrogen-bond donors (Lipinski definition) is 3. The summed E-state index contributed by atoms with van der Waals surface area (Å²) in [5.41, 5.74) is 0. The average Bonchev–Trinajstić information content (AvgIpc) is 0.974. The summed E-state index contributed by atoms with van der Waals surface area (Å²) in [6, 6.07) is 0. The number of esters is 4. The van der Waals surface area contributed by atoms with Crippen molar-refractivity contribution in [3.05, 3.63) is 0 Å². The van der Waals surface area contributed by atoms with Crippen molar-refractivity contribution in [3.63, 3.8) is 0 Å². The van der Waals surface area contributed by atoms with Gasteiger partial charge in [0.05, 0.1) is 26.4 Å². The largest absolute Gasteiger partial charge is 0.472 e. The van der Waals surface area contributed by atoms with E-state index in [4.69, 9.17) is 37.0 Å². The Kier molecular flexibility index (Phi) is 67.8. The fraction of sp³-hybridized carbons (Fsp3) is 0.950. The number of carbonyl (C=O) groups is 4. The van der Waals surface area contributed by atoms with Gasteiger partial charge in [-0.05, 0) is 49.4 Å². The number of unbranched alkanes of at least 4 members (excludes halogenated alkanes) is 42. The predicted octanol–water partition coefficient (Wildman–Crippen LogP) is 23.6. The van der Waals surface area contributed by atoms with E-state index in [0.717, 1.165) is 108 Å². The molecule has 0 saturated carbocycles. The van der Waals surface area contributed by atoms with Crippen LogP contribution in [0, 0.1) is 23.7 Å². The van der Waals surface area contributed by atoms with E-state index in [0.29, 0.717) is 37.5 Å². The molecule has 19 heteroatoms. The predicted molar refractivity (Wildman–Crippen MR) is 404 cm³/mol. The van der Waals surface area contributed by atoms with E-state index in [1.165, 1.54) is 205 Å². The lowest BCUT2D eigenvalue weighted by molar-refractivity contribution is -0.161. The molecule has 99 heavy (non-hydrogen) atoms. The maximum atomic E-state index is 13.1. The number of phosphoric acid groups is 2. The van der Waals surface area contributed by atoms with Crippen LogP contribution in [-0.2, 0) is 65.4 Å². The van der Waals surface area contributed by atoms with Gasteiger partial charge in [-0.15, -0.1) is 0 Å². The molecule has 17 nitrogen and oxygen atoms in total. The number of rotatable bonds is 77. The first kappa shape index (κ1) is 97.1. The number of hydrogen-bond acceptors (Lipinski definition) is 15. The van der Waals surface area contributed by atoms with Crippen LogP contribution < -0.4 is 0 Å². The van der Waals surface area contributed by atoms with Crippen molar-refractivity contribution < 1.29 is 80.2 Å². The molecular weight excluding hydrogens is 1290 g/mol. The third kappa shape index (κ3) is 72.8. The minimum absolute atomic E-state index is 0.102. The summed E-state index contributed by atoms with van der Waals surface area (Å²) in [5, 5.41) is 10.6. The molecule has 0 spiro atoms. The second kappa shape index (κ2) is 69.1. The monoisotopic (exact) mass is 1450 g/mol. The summed E-state index contributed by atoms with van der Waals surface area (Å²) in [4.78, 5) is 72.9. The van der Waals surface area contributed by atoms with E-state index >= 15 is 0 Å². The zero-order valence-corrected chi connectivity index (χ0v) is 66.9. The molecule has 4 unspecified atom stereocenters. The van der Waals surface area contributed by atoms with Crippen LogP contribution in [0.4, 0.5) is 0 Å². The van der Waals surface area contributed by atoms with E-state index in [2.05, 4.69) is 55.4 Å². The van der Waals surface area contributed by atoms with E-state index in [9.17, 15) is 43.2 Å². The first-order chi connectivity index (χ1) is 47.6. The summed E-state index contributed by atoms with van der Waals surface area (Å²) in [6.07, 6.45) is 55.8. The first-order valence-electron chi connectivity index (χ1n) is 41.2. The SMILES string of the molecule is CCC(C)CCCCCCCCCCCCCCCCC(=O)O[C@H](COC(=O)CCCCCCCCCCCCCCCCCCCCC(C)C)COP(=O)(O)OCC(O)COP(=O)(O)OC[C@@H](COC(=O)CCCCCCCCCC(C)C)OC(=O)CCCCCCCCCC(C)C. The van der Waals surface area contributed by atoms with Crippen molar-refractivity contribution in [2.75, 3.05) is 39.6 Å². The Bertz CT molecular complexity index is 1940. The van der Waals surface area contributed by atoms with Gasteiger partial charge in [0.2, 0.25) is 0 Å². The Hall–Kier alpha value is -1.94. The van der Waals surface area contributed by atoms with Crippen LogP contribution in [0.3, 0.4) is 0 Å². The van der Waals surface area contributed by atoms with Crippen LogP contribution in [-0.4, -0.2) is 96.7 Å². The van der Waals surface area contributed by atoms with Crippen LogP contribution in [0.5, 0.6) is 0 Å². The minimum atomic E-state index is -4.96. The second-order valence-electron chi connectivity index (χ2n) is 30.5. The van der Waals surface area contributed by atoms with Crippen LogP contribution >= 0.6 is 15.6 Å². The molecular formula is C80H156O17P2. The van der Waals surface area contributed by atoms with Gasteiger partial charge in [0.25, 0.3) is 0 Å². The summed E-state index contributed by atoms with van der Waals surface area (Å²) in [7, 11) is -9.92. The number of aliphatic hydroxyl groups is 1. The van der Waals surface area contributed by atoms with Crippen molar-refractivity contribution in [2.45, 2.75) is 427 Å². The highest BCUT2D eigenvalue weighted by atomic mass is 31.2. The first-order valence-corrected chi connectivity index (χ1v) is 44.2. The van der Waals surface area contributed by atoms with Crippen molar-refractivity contribution in [3.8, 4) is 0 Å². The lowest BCUT2D eigenvalue weighted by atomic mass is 9.99. The van der Waals surface area contributed by atoms with Gasteiger partial charge >= 0.3 is 39.5 Å². The van der Waals surface area contributed by atoms with Gasteiger partial charge in [-0.2, -0.15) is 0 Å². The molecule has 0 bridgehead atoms. The summed E-state index contributed by atoms with van der Waals surface area (Å²) < 4.78 is 68.6. The molecule has 0 rings (SSSR count). The van der Waals surface area contributed by atoms with Gasteiger partial charge < -0.3 is 33.8 Å². The Morgan fingerprint density at radius 3 is 0.717 bits per heavy atom. The third-order valence-electron chi connectivity index (χ3n) is 18.9. The molecule has 0 fully saturated rings. The van der Waals surface area contributed by atoms with Crippen molar-refractivity contribution in [2.24, 2.45) is 23.7 Å². The van der Waals surface area contributed by atoms with Gasteiger partial charge in [-0.3, -0.25) is 37.3 Å². The molecule has 0 aromatic carbocycles. The molecule has 0 heterocycles. The standard InChI is InChI=1S/C80H156O17P2/c1-9-73(8)59-51-43-35-27-23-19-16-17-21-25-29-37-46-54-62-79(84)96-75(66-90-77(82)60-52-44-36-28-24-20-15-13-11-10-12-14-18-22-26-32-40-48-56-70(2)3)68-94-98(86,87)92-64-74(81)65-93-99(88,89)95-69-76(97-80(85)63-55-47-39-31-34-42-50-58-72(6)7)67-91-78(83)61-53-45-38-30-33-41-49-57-71(4)5/h70-76,81H,9-69H2,1-8H3,(H,86,87)(H,88,89)/t73?,74?,75-,76-/m1/s1. The molecule has 3 N–H and O–H groups in total. The fourth-order valence-electron chi connectivity index (χ4n) is 12.2. The quantitative estimate of drug-likeness (QED) is 0.0222. The molecule has 0 amide bonds. The molecule has 6 atom stereocenters. The summed E-state index contributed by atoms with van der Waals surface area (Å²) >= 11 is 0. The van der Waals surface area contributed by atoms with E-state index in [1.807, 2.05) is 0 Å². The van der Waals surface area contributed by atoms with Crippen molar-refractivity contribution >= 4 is 39.5 Å². The van der Waals surface area contributed by atoms with Gasteiger partial charge in [0.1, 0.15) is 19.3 Å². The third-order valence-corrected chi connectivity index (χ3v) is 20.8. The minimum Gasteiger partial charge on any atom is -0.462 e. The highest BCUT2D eigenvalue weighted by molar-refractivity contribution is 7.47. The lowest BCUT2D eigenvalue weighted by Crippen LogP contribution is -2.30. The lowest BCUT2D eigenvalue weighted by Gasteiger charge is -2.21. The molecule has 0 aliphatic rings. The molecule has 0 aromatic rings. The van der Waals surface area contributed by atoms with Gasteiger partial charge in [-0.25, -0.2) is 9.13 Å². The molecule has 588 valence electrons. The smallest absolute Gasteiger partial charge is 0.462 e. The molecule has 0 aromatic heterocycles. The Labute approximate surface area is 607 Å². The van der Waals surface area contributed by atoms with Gasteiger partial charge in [0.15, 0.2) is 12.2 Å². The van der Waals surface area contributed by atoms with E-state index < -0.39 is 97.5 Å². The van der Waals surface area contributed by atoms with E-state index in [1.54, 1.807) is 0 Å². The molecule has 0 radical (unpaired) electrons. The van der Waals surface area contributed by atoms with Crippen molar-refractivity contribution in [1.29, 1.82) is 0 Å². The summed E-state index contributed by atoms with van der Waals surface area (Å²) in [5.74, 6) is 0.950. The van der Waals surface area contributed by atoms with Crippen LogP contribution in [0.2, 0.25) is 0 Å². The van der Waals surface area contributed by atoms with Crippen LogP contribution in [0.1, 0.15) is 409 Å². The van der Waals surface area contributed by atoms with Crippen LogP contribution in [0.15, 0.2) is 0 Å². The summed E-state index contributed by atoms with van der Waals surface area (Å²) in [6.45, 7) is 14.2. The van der Waals surface area contributed by atoms with Gasteiger partial charge in [-0.1, -0.05) is 357 Å². The topological polar surface area (TPSA) is 237 Å². The van der Waals surface area contributed by atoms with Crippen LogP contribution in [0.25, 0.3) is 0 Å².